The molecule has 32 heteroatoms. The molecule has 0 saturated carbocycles. The second-order valence-corrected chi connectivity index (χ2v) is 24.0. The lowest BCUT2D eigenvalue weighted by molar-refractivity contribution is -0.137. The molecule has 4 aromatic rings. The molecule has 8 N–H and O–H groups in total. The Labute approximate surface area is 460 Å². The standard InChI is InChI=1S/C48H61F2N11O16P2S/c1-26(2)29(8-5-3-4-6-18-59-35(64)14-15-36(59)65)44(66)57-30(9-7-17-52-47(51)67)31(62)20-27-10-12-28(13-11-27)21-53-42-39-43(55-24-54-42)61(25-56-39)46-37(49)40-33(75-46)23-73-79(71,80)77-41-32(22-72-78(69,70)76-40)74-45(38(41)50)60-19-16-34(63)58-48(60)68/h10-16,19,24-26,29-30,32-33,37-38,40-41,45-46H,3-9,17-18,20-23H2,1-2H3,(H,57,66)(H,69,70)(H,71,80)(H3,51,52,67)(H,53,54,55)(H,58,63,68)/t29?,30?,32-,33-,37-,38-,40-,41-,45-,46-,79?/m1/s1. The van der Waals surface area contributed by atoms with E-state index in [0.717, 1.165) is 37.1 Å². The molecule has 0 bridgehead atoms. The van der Waals surface area contributed by atoms with Crippen LogP contribution in [-0.2, 0) is 76.1 Å². The Morgan fingerprint density at radius 2 is 1.50 bits per heavy atom. The number of carbonyl (C=O) groups is 5. The van der Waals surface area contributed by atoms with Crippen molar-refractivity contribution in [3.8, 4) is 0 Å². The first-order chi connectivity index (χ1) is 38.1. The average molecular weight is 1180 g/mol. The van der Waals surface area contributed by atoms with Crippen LogP contribution in [0.4, 0.5) is 19.4 Å². The number of urea groups is 1. The molecule has 4 aliphatic heterocycles. The maximum Gasteiger partial charge on any atom is 0.472 e. The molecule has 0 aliphatic carbocycles. The molecule has 80 heavy (non-hydrogen) atoms. The molecule has 4 aliphatic rings. The van der Waals surface area contributed by atoms with Crippen LogP contribution in [0, 0.1) is 11.8 Å². The molecule has 5 amide bonds. The largest absolute Gasteiger partial charge is 0.472 e. The molecule has 0 radical (unpaired) electrons. The summed E-state index contributed by atoms with van der Waals surface area (Å²) in [7, 11) is -5.25. The van der Waals surface area contributed by atoms with E-state index < -0.39 is 100 Å². The van der Waals surface area contributed by atoms with Crippen LogP contribution in [-0.4, -0.2) is 142 Å². The molecule has 4 unspecified atom stereocenters. The van der Waals surface area contributed by atoms with Crippen LogP contribution in [0.2, 0.25) is 0 Å². The van der Waals surface area contributed by atoms with Crippen LogP contribution < -0.4 is 32.9 Å². The Kier molecular flexibility index (Phi) is 19.7. The van der Waals surface area contributed by atoms with Crippen LogP contribution in [0.3, 0.4) is 0 Å². The zero-order valence-electron chi connectivity index (χ0n) is 43.2. The smallest absolute Gasteiger partial charge is 0.364 e. The third-order valence-corrected chi connectivity index (χ3v) is 16.4. The van der Waals surface area contributed by atoms with E-state index >= 15 is 8.78 Å². The monoisotopic (exact) mass is 1180 g/mol. The van der Waals surface area contributed by atoms with E-state index in [-0.39, 0.29) is 78.3 Å². The highest BCUT2D eigenvalue weighted by atomic mass is 32.5. The highest BCUT2D eigenvalue weighted by Crippen LogP contribution is 2.54. The number of unbranched alkanes of at least 4 members (excludes halogenated alkanes) is 3. The molecule has 27 nitrogen and oxygen atoms in total. The SMILES string of the molecule is CC(C)C(CCCCCCN1C(=O)C=CC1=O)C(=O)NC(CCCNC(N)=O)C(=O)Cc1ccc(CNc2ncnc3c2ncn3[C@@H]2O[C@@H]3COP(O)(=S)O[C@H]4[C@@H](F)[C@H](n5ccc(=O)[nH]c5=O)O[C@@H]4COP(=O)(O)O[C@H]3[C@H]2F)cc1. The number of primary amides is 1. The van der Waals surface area contributed by atoms with Gasteiger partial charge in [0.15, 0.2) is 47.6 Å². The molecule has 3 aromatic heterocycles. The zero-order chi connectivity index (χ0) is 57.5. The zero-order valence-corrected chi connectivity index (χ0v) is 45.9. The van der Waals surface area contributed by atoms with E-state index in [1.165, 1.54) is 34.3 Å². The van der Waals surface area contributed by atoms with Gasteiger partial charge in [-0.2, -0.15) is 0 Å². The number of carbonyl (C=O) groups excluding carboxylic acids is 5. The quantitative estimate of drug-likeness (QED) is 0.0338. The predicted molar refractivity (Wildman–Crippen MR) is 281 cm³/mol. The number of phosphoric ester groups is 1. The number of halogens is 2. The number of imidazole rings is 1. The minimum absolute atomic E-state index is 0.0133. The Morgan fingerprint density at radius 3 is 2.17 bits per heavy atom. The number of hydrogen-bond acceptors (Lipinski definition) is 19. The molecular weight excluding hydrogens is 1120 g/mol. The van der Waals surface area contributed by atoms with Gasteiger partial charge in [-0.05, 0) is 54.5 Å². The fourth-order valence-electron chi connectivity index (χ4n) is 9.66. The fraction of sp³-hybridized carbons (Fsp3) is 0.542. The van der Waals surface area contributed by atoms with E-state index in [2.05, 4.69) is 30.9 Å². The molecule has 1 aromatic carbocycles. The van der Waals surface area contributed by atoms with Gasteiger partial charge in [0.05, 0.1) is 25.6 Å². The first-order valence-electron chi connectivity index (χ1n) is 25.7. The van der Waals surface area contributed by atoms with Crippen molar-refractivity contribution in [3.63, 3.8) is 0 Å². The first-order valence-corrected chi connectivity index (χ1v) is 29.8. The third-order valence-electron chi connectivity index (χ3n) is 13.8. The van der Waals surface area contributed by atoms with E-state index in [4.69, 9.17) is 45.1 Å². The summed E-state index contributed by atoms with van der Waals surface area (Å²) in [6, 6.07) is 6.46. The number of nitrogens with zero attached hydrogens (tertiary/aromatic N) is 6. The lowest BCUT2D eigenvalue weighted by Crippen LogP contribution is -2.45. The minimum atomic E-state index is -5.25. The highest BCUT2D eigenvalue weighted by molar-refractivity contribution is 8.07. The summed E-state index contributed by atoms with van der Waals surface area (Å²) in [6.45, 7) is -1.62. The Morgan fingerprint density at radius 1 is 0.850 bits per heavy atom. The predicted octanol–water partition coefficient (Wildman–Crippen LogP) is 2.79. The Bertz CT molecular complexity index is 3150. The summed E-state index contributed by atoms with van der Waals surface area (Å²) in [5.41, 5.74) is 5.05. The Balaban J connectivity index is 0.873. The van der Waals surface area contributed by atoms with Gasteiger partial charge in [0.2, 0.25) is 5.91 Å². The summed E-state index contributed by atoms with van der Waals surface area (Å²) in [6.07, 6.45) is -4.98. The lowest BCUT2D eigenvalue weighted by atomic mass is 9.88. The summed E-state index contributed by atoms with van der Waals surface area (Å²) in [5, 5.41) is 8.66. The summed E-state index contributed by atoms with van der Waals surface area (Å²) >= 11 is 5.15. The average Bonchev–Trinajstić information content (AvgIpc) is 4.15. The van der Waals surface area contributed by atoms with Gasteiger partial charge in [0.1, 0.15) is 30.7 Å². The van der Waals surface area contributed by atoms with Crippen molar-refractivity contribution in [3.05, 3.63) is 93.3 Å². The number of phosphoric acid groups is 1. The number of anilines is 1. The van der Waals surface area contributed by atoms with Crippen molar-refractivity contribution in [2.75, 3.05) is 31.6 Å². The number of amides is 5. The number of rotatable bonds is 22. The van der Waals surface area contributed by atoms with Gasteiger partial charge in [0.25, 0.3) is 17.4 Å². The first kappa shape index (κ1) is 60.1. The van der Waals surface area contributed by atoms with Gasteiger partial charge in [-0.3, -0.25) is 56.6 Å². The van der Waals surface area contributed by atoms with Gasteiger partial charge in [0, 0.05) is 56.4 Å². The maximum atomic E-state index is 16.6. The van der Waals surface area contributed by atoms with Gasteiger partial charge >= 0.3 is 26.3 Å². The van der Waals surface area contributed by atoms with Gasteiger partial charge in [-0.1, -0.05) is 57.4 Å². The van der Waals surface area contributed by atoms with Crippen LogP contribution in [0.1, 0.15) is 82.4 Å². The molecule has 0 spiro atoms. The highest BCUT2D eigenvalue weighted by Gasteiger charge is 2.54. The molecule has 3 saturated heterocycles. The number of benzene rings is 1. The molecule has 7 heterocycles. The number of aromatic amines is 1. The van der Waals surface area contributed by atoms with Crippen LogP contribution in [0.5, 0.6) is 0 Å². The second-order valence-electron chi connectivity index (χ2n) is 19.8. The molecule has 3 fully saturated rings. The van der Waals surface area contributed by atoms with Crippen LogP contribution >= 0.6 is 14.5 Å². The minimum Gasteiger partial charge on any atom is -0.364 e. The number of imide groups is 1. The van der Waals surface area contributed by atoms with Crippen molar-refractivity contribution in [2.24, 2.45) is 17.6 Å². The molecule has 8 rings (SSSR count). The number of H-pyrrole nitrogens is 1. The maximum absolute atomic E-state index is 16.6. The number of nitrogens with two attached hydrogens (primary N) is 1. The van der Waals surface area contributed by atoms with E-state index in [1.54, 1.807) is 24.3 Å². The number of fused-ring (bicyclic) bond motifs is 3. The number of Topliss-reactive ketones (excluding diaryl/α,β-unsaturated/α-hetero) is 1. The van der Waals surface area contributed by atoms with Crippen LogP contribution in [0.25, 0.3) is 11.2 Å². The van der Waals surface area contributed by atoms with Crippen LogP contribution in [0.15, 0.2) is 70.9 Å². The van der Waals surface area contributed by atoms with E-state index in [9.17, 15) is 47.9 Å². The van der Waals surface area contributed by atoms with Gasteiger partial charge < -0.3 is 45.5 Å². The topological polar surface area (TPSA) is 362 Å². The Hall–Kier alpha value is -6.04. The van der Waals surface area contributed by atoms with Crippen molar-refractivity contribution in [2.45, 2.75) is 127 Å². The van der Waals surface area contributed by atoms with Gasteiger partial charge in [-0.15, -0.1) is 0 Å². The third kappa shape index (κ3) is 14.9. The number of hydrogen-bond donors (Lipinski definition) is 7. The number of ketones is 1. The lowest BCUT2D eigenvalue weighted by Gasteiger charge is -2.28. The van der Waals surface area contributed by atoms with Gasteiger partial charge in [-0.25, -0.2) is 37.9 Å². The van der Waals surface area contributed by atoms with E-state index in [0.29, 0.717) is 35.9 Å². The molecule has 434 valence electrons. The molecular formula is C48H61F2N11O16P2S. The summed E-state index contributed by atoms with van der Waals surface area (Å²) in [4.78, 5) is 125. The number of aromatic nitrogens is 6. The van der Waals surface area contributed by atoms with Crippen molar-refractivity contribution in [1.82, 2.24) is 44.6 Å². The normalized spacial score (nSPS) is 27.8. The number of nitrogens with one attached hydrogen (secondary N) is 4. The summed E-state index contributed by atoms with van der Waals surface area (Å²) < 4.78 is 80.6. The number of alkyl halides is 2. The second kappa shape index (κ2) is 26.3. The van der Waals surface area contributed by atoms with Crippen molar-refractivity contribution >= 4 is 72.9 Å². The van der Waals surface area contributed by atoms with Crippen molar-refractivity contribution in [1.29, 1.82) is 0 Å². The fourth-order valence-corrected chi connectivity index (χ4v) is 12.0. The van der Waals surface area contributed by atoms with Crippen molar-refractivity contribution < 1.29 is 74.7 Å². The summed E-state index contributed by atoms with van der Waals surface area (Å²) in [5.74, 6) is -1.33. The number of ether oxygens (including phenoxy) is 2. The van der Waals surface area contributed by atoms with E-state index in [1.807, 2.05) is 18.8 Å². The molecule has 12 atom stereocenters.